The highest BCUT2D eigenvalue weighted by atomic mass is 16.5. The summed E-state index contributed by atoms with van der Waals surface area (Å²) in [6.45, 7) is 11.4. The Bertz CT molecular complexity index is 330. The highest BCUT2D eigenvalue weighted by Gasteiger charge is 2.08. The molecular weight excluding hydrogens is 214 g/mol. The molecule has 0 saturated heterocycles. The van der Waals surface area contributed by atoms with Gasteiger partial charge in [0, 0.05) is 18.0 Å². The lowest BCUT2D eigenvalue weighted by Crippen LogP contribution is -2.18. The van der Waals surface area contributed by atoms with Crippen LogP contribution in [0.4, 0.5) is 0 Å². The van der Waals surface area contributed by atoms with E-state index in [9.17, 15) is 0 Å². The second kappa shape index (κ2) is 7.35. The Morgan fingerprint density at radius 1 is 1.12 bits per heavy atom. The third-order valence-corrected chi connectivity index (χ3v) is 2.70. The number of hydrogen-bond acceptors (Lipinski definition) is 4. The van der Waals surface area contributed by atoms with Gasteiger partial charge in [-0.05, 0) is 45.8 Å². The van der Waals surface area contributed by atoms with E-state index >= 15 is 0 Å². The van der Waals surface area contributed by atoms with Gasteiger partial charge in [0.05, 0.1) is 0 Å². The Morgan fingerprint density at radius 2 is 1.76 bits per heavy atom. The van der Waals surface area contributed by atoms with Gasteiger partial charge in [-0.15, -0.1) is 0 Å². The minimum atomic E-state index is 0.506. The molecule has 4 nitrogen and oxygen atoms in total. The zero-order valence-corrected chi connectivity index (χ0v) is 11.3. The van der Waals surface area contributed by atoms with Crippen molar-refractivity contribution in [1.29, 1.82) is 0 Å². The summed E-state index contributed by atoms with van der Waals surface area (Å²) in [5.74, 6) is 0.786. The van der Waals surface area contributed by atoms with Crippen molar-refractivity contribution in [2.24, 2.45) is 0 Å². The first kappa shape index (κ1) is 14.1. The molecule has 96 valence electrons. The van der Waals surface area contributed by atoms with Gasteiger partial charge in [0.15, 0.2) is 5.82 Å². The normalized spacial score (nSPS) is 10.8. The zero-order valence-electron chi connectivity index (χ0n) is 11.3. The number of nitrogens with one attached hydrogen (secondary N) is 1. The van der Waals surface area contributed by atoms with Crippen molar-refractivity contribution in [2.45, 2.75) is 40.7 Å². The molecule has 1 aromatic rings. The van der Waals surface area contributed by atoms with Crippen LogP contribution in [0.15, 0.2) is 0 Å². The van der Waals surface area contributed by atoms with Crippen molar-refractivity contribution < 1.29 is 4.74 Å². The number of likely N-dealkylation sites (N-methyl/N-ethyl adjacent to an activating group) is 1. The van der Waals surface area contributed by atoms with Crippen LogP contribution in [0.3, 0.4) is 0 Å². The molecule has 0 radical (unpaired) electrons. The van der Waals surface area contributed by atoms with Gasteiger partial charge in [0.2, 0.25) is 0 Å². The molecule has 1 rings (SSSR count). The molecule has 0 saturated carbocycles. The summed E-state index contributed by atoms with van der Waals surface area (Å²) in [6, 6.07) is 0. The molecule has 1 aromatic heterocycles. The minimum absolute atomic E-state index is 0.506. The van der Waals surface area contributed by atoms with Gasteiger partial charge < -0.3 is 10.1 Å². The first-order valence-electron chi connectivity index (χ1n) is 6.30. The van der Waals surface area contributed by atoms with Crippen LogP contribution in [0.2, 0.25) is 0 Å². The fourth-order valence-corrected chi connectivity index (χ4v) is 1.82. The Morgan fingerprint density at radius 3 is 2.29 bits per heavy atom. The van der Waals surface area contributed by atoms with Crippen LogP contribution in [0.1, 0.15) is 36.6 Å². The van der Waals surface area contributed by atoms with E-state index in [2.05, 4.69) is 22.2 Å². The predicted molar refractivity (Wildman–Crippen MR) is 69.1 cm³/mol. The van der Waals surface area contributed by atoms with Gasteiger partial charge >= 0.3 is 0 Å². The van der Waals surface area contributed by atoms with Gasteiger partial charge in [-0.2, -0.15) is 0 Å². The van der Waals surface area contributed by atoms with Crippen molar-refractivity contribution in [1.82, 2.24) is 15.3 Å². The summed E-state index contributed by atoms with van der Waals surface area (Å²) in [7, 11) is 0. The maximum atomic E-state index is 5.33. The molecule has 0 unspecified atom stereocenters. The number of rotatable bonds is 7. The quantitative estimate of drug-likeness (QED) is 0.734. The molecule has 0 aliphatic carbocycles. The van der Waals surface area contributed by atoms with Gasteiger partial charge in [-0.25, -0.2) is 9.97 Å². The summed E-state index contributed by atoms with van der Waals surface area (Å²) in [5, 5.41) is 3.32. The molecular formula is C13H23N3O. The minimum Gasteiger partial charge on any atom is -0.374 e. The summed E-state index contributed by atoms with van der Waals surface area (Å²) in [6.07, 6.45) is 0.987. The van der Waals surface area contributed by atoms with Crippen LogP contribution in [-0.2, 0) is 17.8 Å². The first-order valence-corrected chi connectivity index (χ1v) is 6.30. The summed E-state index contributed by atoms with van der Waals surface area (Å²) in [4.78, 5) is 8.97. The van der Waals surface area contributed by atoms with E-state index in [1.807, 2.05) is 20.8 Å². The Hall–Kier alpha value is -1.00. The summed E-state index contributed by atoms with van der Waals surface area (Å²) in [5.41, 5.74) is 3.40. The average molecular weight is 237 g/mol. The number of aromatic nitrogens is 2. The first-order chi connectivity index (χ1) is 8.19. The molecule has 0 aliphatic heterocycles. The summed E-state index contributed by atoms with van der Waals surface area (Å²) < 4.78 is 5.33. The molecule has 0 fully saturated rings. The number of hydrogen-bond donors (Lipinski definition) is 1. The Balaban J connectivity index is 2.72. The van der Waals surface area contributed by atoms with E-state index in [1.54, 1.807) is 0 Å². The molecule has 0 spiro atoms. The molecule has 0 aromatic carbocycles. The van der Waals surface area contributed by atoms with Crippen molar-refractivity contribution >= 4 is 0 Å². The van der Waals surface area contributed by atoms with Crippen LogP contribution in [0.5, 0.6) is 0 Å². The van der Waals surface area contributed by atoms with E-state index < -0.39 is 0 Å². The highest BCUT2D eigenvalue weighted by Crippen LogP contribution is 2.11. The third kappa shape index (κ3) is 4.40. The molecule has 17 heavy (non-hydrogen) atoms. The Kier molecular flexibility index (Phi) is 6.08. The maximum absolute atomic E-state index is 5.33. The lowest BCUT2D eigenvalue weighted by molar-refractivity contribution is 0.128. The number of nitrogens with zero attached hydrogens (tertiary/aromatic N) is 2. The standard InChI is InChI=1S/C13H23N3O/c1-5-14-8-7-12-10(3)15-13(9-17-6-2)16-11(12)4/h14H,5-9H2,1-4H3. The van der Waals surface area contributed by atoms with E-state index in [-0.39, 0.29) is 0 Å². The van der Waals surface area contributed by atoms with Crippen LogP contribution in [-0.4, -0.2) is 29.7 Å². The molecule has 1 N–H and O–H groups in total. The fourth-order valence-electron chi connectivity index (χ4n) is 1.82. The van der Waals surface area contributed by atoms with E-state index in [0.717, 1.165) is 36.7 Å². The van der Waals surface area contributed by atoms with Crippen molar-refractivity contribution in [3.63, 3.8) is 0 Å². The predicted octanol–water partition coefficient (Wildman–Crippen LogP) is 1.78. The van der Waals surface area contributed by atoms with Crippen LogP contribution in [0.25, 0.3) is 0 Å². The monoisotopic (exact) mass is 237 g/mol. The number of aryl methyl sites for hydroxylation is 2. The maximum Gasteiger partial charge on any atom is 0.154 e. The fraction of sp³-hybridized carbons (Fsp3) is 0.692. The van der Waals surface area contributed by atoms with Gasteiger partial charge in [-0.3, -0.25) is 0 Å². The smallest absolute Gasteiger partial charge is 0.154 e. The molecule has 0 aliphatic rings. The molecule has 4 heteroatoms. The van der Waals surface area contributed by atoms with Crippen LogP contribution < -0.4 is 5.32 Å². The van der Waals surface area contributed by atoms with Gasteiger partial charge in [0.1, 0.15) is 6.61 Å². The Labute approximate surface area is 104 Å². The van der Waals surface area contributed by atoms with Crippen molar-refractivity contribution in [3.05, 3.63) is 22.8 Å². The van der Waals surface area contributed by atoms with Crippen LogP contribution in [0, 0.1) is 13.8 Å². The van der Waals surface area contributed by atoms with Crippen molar-refractivity contribution in [2.75, 3.05) is 19.7 Å². The highest BCUT2D eigenvalue weighted by molar-refractivity contribution is 5.24. The SMILES string of the molecule is CCNCCc1c(C)nc(COCC)nc1C. The molecule has 0 bridgehead atoms. The topological polar surface area (TPSA) is 47.0 Å². The molecule has 0 amide bonds. The van der Waals surface area contributed by atoms with Gasteiger partial charge in [0.25, 0.3) is 0 Å². The molecule has 1 heterocycles. The second-order valence-corrected chi connectivity index (χ2v) is 4.03. The largest absolute Gasteiger partial charge is 0.374 e. The summed E-state index contributed by atoms with van der Waals surface area (Å²) >= 11 is 0. The van der Waals surface area contributed by atoms with Crippen LogP contribution >= 0.6 is 0 Å². The zero-order chi connectivity index (χ0) is 12.7. The lowest BCUT2D eigenvalue weighted by atomic mass is 10.1. The average Bonchev–Trinajstić information content (AvgIpc) is 2.30. The van der Waals surface area contributed by atoms with E-state index in [0.29, 0.717) is 13.2 Å². The second-order valence-electron chi connectivity index (χ2n) is 4.03. The van der Waals surface area contributed by atoms with E-state index in [4.69, 9.17) is 4.74 Å². The van der Waals surface area contributed by atoms with Crippen molar-refractivity contribution in [3.8, 4) is 0 Å². The third-order valence-electron chi connectivity index (χ3n) is 2.70. The lowest BCUT2D eigenvalue weighted by Gasteiger charge is -2.11. The van der Waals surface area contributed by atoms with E-state index in [1.165, 1.54) is 5.56 Å². The van der Waals surface area contributed by atoms with Gasteiger partial charge in [-0.1, -0.05) is 6.92 Å². The number of ether oxygens (including phenoxy) is 1. The molecule has 0 atom stereocenters.